The Morgan fingerprint density at radius 1 is 1.36 bits per heavy atom. The molecule has 0 amide bonds. The molecular weight excluding hydrogens is 194 g/mol. The van der Waals surface area contributed by atoms with Gasteiger partial charge in [0.05, 0.1) is 11.1 Å². The topological polar surface area (TPSA) is 23.8 Å². The van der Waals surface area contributed by atoms with Gasteiger partial charge in [-0.2, -0.15) is 5.26 Å². The molecule has 0 saturated heterocycles. The third-order valence-electron chi connectivity index (χ3n) is 2.04. The molecule has 1 nitrogen and oxygen atoms in total. The van der Waals surface area contributed by atoms with E-state index in [0.717, 1.165) is 5.56 Å². The van der Waals surface area contributed by atoms with Crippen molar-refractivity contribution in [2.24, 2.45) is 0 Å². The highest BCUT2D eigenvalue weighted by molar-refractivity contribution is 6.48. The van der Waals surface area contributed by atoms with Crippen LogP contribution >= 0.6 is 11.6 Å². The number of benzene rings is 1. The molecule has 0 heterocycles. The minimum atomic E-state index is 0.489. The number of halogens is 1. The third kappa shape index (κ3) is 2.61. The standard InChI is InChI=1S/C12H12ClN/c1-9(2)10-3-5-11(6-4-10)12(13)7-8-14/h3-7,9H,1-2H3/b12-7-. The molecule has 1 rings (SSSR count). The van der Waals surface area contributed by atoms with Gasteiger partial charge in [-0.1, -0.05) is 49.7 Å². The van der Waals surface area contributed by atoms with E-state index in [4.69, 9.17) is 16.9 Å². The molecule has 0 aliphatic carbocycles. The first-order chi connectivity index (χ1) is 6.65. The summed E-state index contributed by atoms with van der Waals surface area (Å²) in [6.45, 7) is 4.28. The van der Waals surface area contributed by atoms with Gasteiger partial charge in [0, 0.05) is 6.08 Å². The van der Waals surface area contributed by atoms with Crippen LogP contribution in [0.3, 0.4) is 0 Å². The van der Waals surface area contributed by atoms with Crippen LogP contribution in [0.1, 0.15) is 30.9 Å². The van der Waals surface area contributed by atoms with Crippen LogP contribution in [0, 0.1) is 11.3 Å². The molecule has 0 radical (unpaired) electrons. The lowest BCUT2D eigenvalue weighted by molar-refractivity contribution is 0.866. The quantitative estimate of drug-likeness (QED) is 0.672. The van der Waals surface area contributed by atoms with Gasteiger partial charge in [-0.3, -0.25) is 0 Å². The van der Waals surface area contributed by atoms with E-state index < -0.39 is 0 Å². The minimum Gasteiger partial charge on any atom is -0.193 e. The van der Waals surface area contributed by atoms with Crippen molar-refractivity contribution < 1.29 is 0 Å². The fraction of sp³-hybridized carbons (Fsp3) is 0.250. The molecule has 0 aliphatic heterocycles. The molecule has 0 N–H and O–H groups in total. The molecule has 2 heteroatoms. The smallest absolute Gasteiger partial charge is 0.0927 e. The highest BCUT2D eigenvalue weighted by atomic mass is 35.5. The maximum Gasteiger partial charge on any atom is 0.0927 e. The predicted molar refractivity (Wildman–Crippen MR) is 60.0 cm³/mol. The first-order valence-electron chi connectivity index (χ1n) is 4.50. The highest BCUT2D eigenvalue weighted by Gasteiger charge is 2.00. The summed E-state index contributed by atoms with van der Waals surface area (Å²) in [7, 11) is 0. The van der Waals surface area contributed by atoms with E-state index in [9.17, 15) is 0 Å². The Morgan fingerprint density at radius 2 is 1.93 bits per heavy atom. The predicted octanol–water partition coefficient (Wildman–Crippen LogP) is 3.91. The van der Waals surface area contributed by atoms with Crippen molar-refractivity contribution in [3.8, 4) is 6.07 Å². The van der Waals surface area contributed by atoms with Crippen LogP contribution in [0.25, 0.3) is 5.03 Å². The van der Waals surface area contributed by atoms with Crippen LogP contribution in [0.15, 0.2) is 30.3 Å². The summed E-state index contributed by atoms with van der Waals surface area (Å²) in [5.74, 6) is 0.516. The van der Waals surface area contributed by atoms with Crippen molar-refractivity contribution in [1.82, 2.24) is 0 Å². The molecule has 0 fully saturated rings. The van der Waals surface area contributed by atoms with Crippen LogP contribution in [0.5, 0.6) is 0 Å². The Balaban J connectivity index is 2.95. The summed E-state index contributed by atoms with van der Waals surface area (Å²) in [6.07, 6.45) is 1.34. The van der Waals surface area contributed by atoms with Crippen LogP contribution in [-0.2, 0) is 0 Å². The molecule has 0 aromatic heterocycles. The molecule has 14 heavy (non-hydrogen) atoms. The Bertz CT molecular complexity index is 368. The van der Waals surface area contributed by atoms with E-state index in [2.05, 4.69) is 13.8 Å². The summed E-state index contributed by atoms with van der Waals surface area (Å²) in [4.78, 5) is 0. The number of hydrogen-bond donors (Lipinski definition) is 0. The Morgan fingerprint density at radius 3 is 2.36 bits per heavy atom. The van der Waals surface area contributed by atoms with E-state index in [1.54, 1.807) is 0 Å². The molecule has 72 valence electrons. The van der Waals surface area contributed by atoms with E-state index in [1.165, 1.54) is 11.6 Å². The Labute approximate surface area is 89.6 Å². The molecule has 0 atom stereocenters. The van der Waals surface area contributed by atoms with E-state index in [0.29, 0.717) is 11.0 Å². The van der Waals surface area contributed by atoms with Gasteiger partial charge < -0.3 is 0 Å². The van der Waals surface area contributed by atoms with Crippen molar-refractivity contribution in [2.45, 2.75) is 19.8 Å². The lowest BCUT2D eigenvalue weighted by atomic mass is 10.0. The van der Waals surface area contributed by atoms with Crippen LogP contribution in [0.2, 0.25) is 0 Å². The second-order valence-electron chi connectivity index (χ2n) is 3.40. The lowest BCUT2D eigenvalue weighted by Crippen LogP contribution is -1.86. The van der Waals surface area contributed by atoms with Crippen LogP contribution < -0.4 is 0 Å². The molecule has 1 aromatic carbocycles. The number of rotatable bonds is 2. The zero-order chi connectivity index (χ0) is 10.6. The average Bonchev–Trinajstić information content (AvgIpc) is 2.18. The van der Waals surface area contributed by atoms with Gasteiger partial charge in [0.1, 0.15) is 0 Å². The maximum atomic E-state index is 8.43. The molecule has 0 aliphatic rings. The van der Waals surface area contributed by atoms with Gasteiger partial charge in [-0.15, -0.1) is 0 Å². The Kier molecular flexibility index (Phi) is 3.73. The number of nitriles is 1. The number of hydrogen-bond acceptors (Lipinski definition) is 1. The molecular formula is C12H12ClN. The zero-order valence-corrected chi connectivity index (χ0v) is 9.05. The van der Waals surface area contributed by atoms with Crippen molar-refractivity contribution in [2.75, 3.05) is 0 Å². The molecule has 1 aromatic rings. The van der Waals surface area contributed by atoms with Gasteiger partial charge in [0.25, 0.3) is 0 Å². The summed E-state index contributed by atoms with van der Waals surface area (Å²) in [5, 5.41) is 8.92. The van der Waals surface area contributed by atoms with Crippen LogP contribution in [0.4, 0.5) is 0 Å². The fourth-order valence-electron chi connectivity index (χ4n) is 1.17. The average molecular weight is 206 g/mol. The summed E-state index contributed by atoms with van der Waals surface area (Å²) >= 11 is 5.88. The van der Waals surface area contributed by atoms with Crippen molar-refractivity contribution in [3.05, 3.63) is 41.5 Å². The van der Waals surface area contributed by atoms with Gasteiger partial charge in [-0.25, -0.2) is 0 Å². The monoisotopic (exact) mass is 205 g/mol. The normalized spacial score (nSPS) is 11.5. The van der Waals surface area contributed by atoms with Gasteiger partial charge in [0.2, 0.25) is 0 Å². The first-order valence-corrected chi connectivity index (χ1v) is 4.88. The van der Waals surface area contributed by atoms with E-state index in [1.807, 2.05) is 30.3 Å². The molecule has 0 unspecified atom stereocenters. The second kappa shape index (κ2) is 4.83. The SMILES string of the molecule is CC(C)c1ccc(/C(Cl)=C/C#N)cc1. The van der Waals surface area contributed by atoms with Gasteiger partial charge >= 0.3 is 0 Å². The number of allylic oxidation sites excluding steroid dienone is 1. The van der Waals surface area contributed by atoms with Crippen molar-refractivity contribution >= 4 is 16.6 Å². The highest BCUT2D eigenvalue weighted by Crippen LogP contribution is 2.21. The molecule has 0 spiro atoms. The fourth-order valence-corrected chi connectivity index (χ4v) is 1.34. The van der Waals surface area contributed by atoms with E-state index >= 15 is 0 Å². The van der Waals surface area contributed by atoms with Crippen LogP contribution in [-0.4, -0.2) is 0 Å². The van der Waals surface area contributed by atoms with Gasteiger partial charge in [-0.05, 0) is 17.0 Å². The second-order valence-corrected chi connectivity index (χ2v) is 3.81. The summed E-state index contributed by atoms with van der Waals surface area (Å²) in [5.41, 5.74) is 2.16. The summed E-state index contributed by atoms with van der Waals surface area (Å²) < 4.78 is 0. The van der Waals surface area contributed by atoms with E-state index in [-0.39, 0.29) is 0 Å². The minimum absolute atomic E-state index is 0.489. The lowest BCUT2D eigenvalue weighted by Gasteiger charge is -2.05. The van der Waals surface area contributed by atoms with Gasteiger partial charge in [0.15, 0.2) is 0 Å². The van der Waals surface area contributed by atoms with Crippen molar-refractivity contribution in [1.29, 1.82) is 5.26 Å². The first kappa shape index (κ1) is 10.8. The maximum absolute atomic E-state index is 8.43. The third-order valence-corrected chi connectivity index (χ3v) is 2.37. The van der Waals surface area contributed by atoms with Crippen molar-refractivity contribution in [3.63, 3.8) is 0 Å². The number of nitrogens with zero attached hydrogens (tertiary/aromatic N) is 1. The summed E-state index contributed by atoms with van der Waals surface area (Å²) in [6, 6.07) is 9.85. The molecule has 0 bridgehead atoms. The zero-order valence-electron chi connectivity index (χ0n) is 8.29. The molecule has 0 saturated carbocycles. The Hall–Kier alpha value is -1.26. The largest absolute Gasteiger partial charge is 0.193 e.